The van der Waals surface area contributed by atoms with Crippen LogP contribution in [0.4, 0.5) is 0 Å². The maximum absolute atomic E-state index is 12.1. The summed E-state index contributed by atoms with van der Waals surface area (Å²) in [6.45, 7) is 4.84. The zero-order valence-electron chi connectivity index (χ0n) is 17.2. The summed E-state index contributed by atoms with van der Waals surface area (Å²) >= 11 is 0. The fourth-order valence-electron chi connectivity index (χ4n) is 4.12. The second-order valence-corrected chi connectivity index (χ2v) is 9.30. The minimum absolute atomic E-state index is 0.0289. The van der Waals surface area contributed by atoms with Crippen molar-refractivity contribution >= 4 is 20.9 Å². The van der Waals surface area contributed by atoms with Gasteiger partial charge in [-0.15, -0.1) is 0 Å². The zero-order chi connectivity index (χ0) is 21.3. The van der Waals surface area contributed by atoms with Gasteiger partial charge in [0.15, 0.2) is 0 Å². The second-order valence-electron chi connectivity index (χ2n) is 7.77. The smallest absolute Gasteiger partial charge is 0.238 e. The van der Waals surface area contributed by atoms with Gasteiger partial charge in [-0.25, -0.2) is 13.6 Å². The molecule has 2 N–H and O–H groups in total. The highest BCUT2D eigenvalue weighted by atomic mass is 32.2. The molecule has 30 heavy (non-hydrogen) atoms. The van der Waals surface area contributed by atoms with Crippen molar-refractivity contribution in [2.24, 2.45) is 5.14 Å². The van der Waals surface area contributed by atoms with E-state index in [0.717, 1.165) is 17.5 Å². The molecular weight excluding hydrogens is 392 g/mol. The summed E-state index contributed by atoms with van der Waals surface area (Å²) in [4.78, 5) is 0.215. The van der Waals surface area contributed by atoms with E-state index in [9.17, 15) is 8.42 Å². The predicted octanol–water partition coefficient (Wildman–Crippen LogP) is 5.46. The Balaban J connectivity index is 1.80. The number of sulfonamides is 1. The summed E-state index contributed by atoms with van der Waals surface area (Å²) < 4.78 is 26.5. The number of primary sulfonamides is 1. The van der Waals surface area contributed by atoms with Crippen molar-refractivity contribution in [3.8, 4) is 11.1 Å². The molecule has 4 aromatic rings. The molecule has 0 aliphatic heterocycles. The van der Waals surface area contributed by atoms with Crippen molar-refractivity contribution in [3.63, 3.8) is 0 Å². The van der Waals surface area contributed by atoms with Crippen LogP contribution in [0, 0.1) is 6.92 Å². The maximum Gasteiger partial charge on any atom is 0.238 e. The van der Waals surface area contributed by atoms with Gasteiger partial charge in [-0.3, -0.25) is 0 Å². The second kappa shape index (κ2) is 8.09. The number of fused-ring (bicyclic) bond motifs is 1. The van der Waals surface area contributed by atoms with Crippen LogP contribution in [-0.2, 0) is 16.6 Å². The minimum Gasteiger partial charge on any atom is -0.346 e. The van der Waals surface area contributed by atoms with E-state index in [1.807, 2.05) is 18.2 Å². The molecule has 4 nitrogen and oxygen atoms in total. The van der Waals surface area contributed by atoms with Crippen LogP contribution in [0.1, 0.15) is 30.4 Å². The highest BCUT2D eigenvalue weighted by Gasteiger charge is 2.21. The number of aryl methyl sites for hydroxylation is 1. The van der Waals surface area contributed by atoms with Gasteiger partial charge < -0.3 is 4.57 Å². The van der Waals surface area contributed by atoms with Gasteiger partial charge in [0, 0.05) is 35.1 Å². The molecule has 0 radical (unpaired) electrons. The third kappa shape index (κ3) is 3.91. The first-order chi connectivity index (χ1) is 14.4. The SMILES string of the molecule is CC[C@H](Cn1cc(-c2ccc(C)cc2)c2ccccc21)c1ccccc1S(N)(=O)=O. The number of hydrogen-bond donors (Lipinski definition) is 1. The Morgan fingerprint density at radius 2 is 1.60 bits per heavy atom. The molecule has 0 bridgehead atoms. The number of para-hydroxylation sites is 1. The molecule has 1 aromatic heterocycles. The standard InChI is InChI=1S/C25H26N2O2S/c1-3-19(21-8-5-7-11-25(21)30(26,28)29)16-27-17-23(20-14-12-18(2)13-15-20)22-9-4-6-10-24(22)27/h4-15,17,19H,3,16H2,1-2H3,(H2,26,28,29)/t19-/m1/s1. The molecule has 0 fully saturated rings. The Kier molecular flexibility index (Phi) is 5.50. The molecular formula is C25H26N2O2S. The van der Waals surface area contributed by atoms with Crippen LogP contribution in [0.2, 0.25) is 0 Å². The van der Waals surface area contributed by atoms with E-state index in [1.165, 1.54) is 22.1 Å². The maximum atomic E-state index is 12.1. The van der Waals surface area contributed by atoms with Gasteiger partial charge in [0.1, 0.15) is 0 Å². The summed E-state index contributed by atoms with van der Waals surface area (Å²) in [5.41, 5.74) is 5.50. The lowest BCUT2D eigenvalue weighted by Gasteiger charge is -2.19. The summed E-state index contributed by atoms with van der Waals surface area (Å²) in [7, 11) is -3.77. The van der Waals surface area contributed by atoms with Gasteiger partial charge in [-0.05, 0) is 36.6 Å². The van der Waals surface area contributed by atoms with Crippen molar-refractivity contribution in [2.75, 3.05) is 0 Å². The predicted molar refractivity (Wildman–Crippen MR) is 123 cm³/mol. The van der Waals surface area contributed by atoms with Crippen molar-refractivity contribution in [1.82, 2.24) is 4.57 Å². The Bertz CT molecular complexity index is 1290. The fourth-order valence-corrected chi connectivity index (χ4v) is 4.95. The molecule has 0 saturated carbocycles. The zero-order valence-corrected chi connectivity index (χ0v) is 18.1. The first kappa shape index (κ1) is 20.4. The quantitative estimate of drug-likeness (QED) is 0.452. The Labute approximate surface area is 178 Å². The fraction of sp³-hybridized carbons (Fsp3) is 0.200. The molecule has 1 atom stereocenters. The van der Waals surface area contributed by atoms with Crippen LogP contribution in [0.3, 0.4) is 0 Å². The summed E-state index contributed by atoms with van der Waals surface area (Å²) in [5, 5.41) is 6.68. The molecule has 0 amide bonds. The molecule has 0 unspecified atom stereocenters. The van der Waals surface area contributed by atoms with E-state index in [2.05, 4.69) is 67.1 Å². The molecule has 0 aliphatic carbocycles. The molecule has 4 rings (SSSR count). The largest absolute Gasteiger partial charge is 0.346 e. The van der Waals surface area contributed by atoms with Crippen molar-refractivity contribution in [2.45, 2.75) is 37.6 Å². The van der Waals surface area contributed by atoms with Gasteiger partial charge in [0.05, 0.1) is 4.90 Å². The monoisotopic (exact) mass is 418 g/mol. The van der Waals surface area contributed by atoms with E-state index >= 15 is 0 Å². The molecule has 5 heteroatoms. The number of rotatable bonds is 6. The van der Waals surface area contributed by atoms with Gasteiger partial charge in [0.2, 0.25) is 10.0 Å². The van der Waals surface area contributed by atoms with Gasteiger partial charge in [-0.2, -0.15) is 0 Å². The lowest BCUT2D eigenvalue weighted by molar-refractivity contribution is 0.544. The third-order valence-electron chi connectivity index (χ3n) is 5.73. The van der Waals surface area contributed by atoms with E-state index in [1.54, 1.807) is 12.1 Å². The molecule has 0 saturated heterocycles. The number of hydrogen-bond acceptors (Lipinski definition) is 2. The molecule has 0 aliphatic rings. The topological polar surface area (TPSA) is 65.1 Å². The van der Waals surface area contributed by atoms with E-state index in [0.29, 0.717) is 6.54 Å². The first-order valence-electron chi connectivity index (χ1n) is 10.1. The number of nitrogens with two attached hydrogens (primary N) is 1. The van der Waals surface area contributed by atoms with Gasteiger partial charge >= 0.3 is 0 Å². The molecule has 3 aromatic carbocycles. The third-order valence-corrected chi connectivity index (χ3v) is 6.71. The van der Waals surface area contributed by atoms with Gasteiger partial charge in [-0.1, -0.05) is 73.2 Å². The number of benzene rings is 3. The van der Waals surface area contributed by atoms with Crippen LogP contribution in [0.15, 0.2) is 83.9 Å². The highest BCUT2D eigenvalue weighted by Crippen LogP contribution is 2.34. The van der Waals surface area contributed by atoms with E-state index in [-0.39, 0.29) is 10.8 Å². The number of nitrogens with zero attached hydrogens (tertiary/aromatic N) is 1. The Morgan fingerprint density at radius 3 is 2.30 bits per heavy atom. The van der Waals surface area contributed by atoms with Crippen LogP contribution >= 0.6 is 0 Å². The minimum atomic E-state index is -3.77. The van der Waals surface area contributed by atoms with Crippen LogP contribution in [0.5, 0.6) is 0 Å². The normalized spacial score (nSPS) is 12.9. The van der Waals surface area contributed by atoms with Crippen LogP contribution < -0.4 is 5.14 Å². The van der Waals surface area contributed by atoms with E-state index in [4.69, 9.17) is 5.14 Å². The molecule has 1 heterocycles. The lowest BCUT2D eigenvalue weighted by Crippen LogP contribution is -2.17. The average molecular weight is 419 g/mol. The molecule has 0 spiro atoms. The molecule has 154 valence electrons. The van der Waals surface area contributed by atoms with Crippen molar-refractivity contribution in [1.29, 1.82) is 0 Å². The van der Waals surface area contributed by atoms with Crippen LogP contribution in [0.25, 0.3) is 22.0 Å². The first-order valence-corrected chi connectivity index (χ1v) is 11.7. The van der Waals surface area contributed by atoms with Crippen LogP contribution in [-0.4, -0.2) is 13.0 Å². The van der Waals surface area contributed by atoms with Gasteiger partial charge in [0.25, 0.3) is 0 Å². The van der Waals surface area contributed by atoms with Crippen molar-refractivity contribution < 1.29 is 8.42 Å². The summed E-state index contributed by atoms with van der Waals surface area (Å²) in [5.74, 6) is 0.0289. The Hall–Kier alpha value is -2.89. The lowest BCUT2D eigenvalue weighted by atomic mass is 9.96. The average Bonchev–Trinajstić information content (AvgIpc) is 3.10. The van der Waals surface area contributed by atoms with E-state index < -0.39 is 10.0 Å². The summed E-state index contributed by atoms with van der Waals surface area (Å²) in [6.07, 6.45) is 2.98. The van der Waals surface area contributed by atoms with Crippen molar-refractivity contribution in [3.05, 3.63) is 90.1 Å². The number of aromatic nitrogens is 1. The summed E-state index contributed by atoms with van der Waals surface area (Å²) in [6, 6.07) is 24.0. The highest BCUT2D eigenvalue weighted by molar-refractivity contribution is 7.89. The Morgan fingerprint density at radius 1 is 0.933 bits per heavy atom.